The summed E-state index contributed by atoms with van der Waals surface area (Å²) in [4.78, 5) is 0. The van der Waals surface area contributed by atoms with E-state index in [2.05, 4.69) is 44.2 Å². The van der Waals surface area contributed by atoms with E-state index in [1.807, 2.05) is 0 Å². The number of benzene rings is 1. The van der Waals surface area contributed by atoms with E-state index in [0.717, 1.165) is 31.1 Å². The maximum absolute atomic E-state index is 9.50. The minimum absolute atomic E-state index is 0.0349. The van der Waals surface area contributed by atoms with Crippen LogP contribution in [0.5, 0.6) is 0 Å². The Morgan fingerprint density at radius 3 is 1.88 bits per heavy atom. The van der Waals surface area contributed by atoms with Crippen LogP contribution in [0.1, 0.15) is 114 Å². The van der Waals surface area contributed by atoms with Crippen LogP contribution in [0.3, 0.4) is 0 Å². The van der Waals surface area contributed by atoms with E-state index in [4.69, 9.17) is 0 Å². The first kappa shape index (κ1) is 19.5. The van der Waals surface area contributed by atoms with Gasteiger partial charge in [-0.05, 0) is 86.7 Å². The molecule has 142 valence electrons. The predicted molar refractivity (Wildman–Crippen MR) is 110 cm³/mol. The number of nitriles is 1. The lowest BCUT2D eigenvalue weighted by atomic mass is 9.68. The molecule has 0 amide bonds. The van der Waals surface area contributed by atoms with Crippen LogP contribution in [0.4, 0.5) is 0 Å². The highest BCUT2D eigenvalue weighted by Gasteiger charge is 2.34. The monoisotopic (exact) mass is 351 g/mol. The summed E-state index contributed by atoms with van der Waals surface area (Å²) in [7, 11) is 0. The van der Waals surface area contributed by atoms with E-state index in [-0.39, 0.29) is 5.41 Å². The van der Waals surface area contributed by atoms with E-state index < -0.39 is 0 Å². The highest BCUT2D eigenvalue weighted by Crippen LogP contribution is 2.45. The Hall–Kier alpha value is -1.29. The van der Waals surface area contributed by atoms with Crippen molar-refractivity contribution in [2.75, 3.05) is 0 Å². The Morgan fingerprint density at radius 1 is 0.885 bits per heavy atom. The van der Waals surface area contributed by atoms with Gasteiger partial charge in [0.05, 0.1) is 11.5 Å². The van der Waals surface area contributed by atoms with Crippen molar-refractivity contribution < 1.29 is 0 Å². The van der Waals surface area contributed by atoms with Crippen LogP contribution in [-0.4, -0.2) is 0 Å². The quantitative estimate of drug-likeness (QED) is 0.514. The second kappa shape index (κ2) is 9.07. The van der Waals surface area contributed by atoms with Crippen molar-refractivity contribution in [2.45, 2.75) is 103 Å². The summed E-state index contributed by atoms with van der Waals surface area (Å²) in [5.74, 6) is 2.45. The van der Waals surface area contributed by atoms with Gasteiger partial charge in [0.15, 0.2) is 0 Å². The van der Waals surface area contributed by atoms with Gasteiger partial charge >= 0.3 is 0 Å². The fourth-order valence-electron chi connectivity index (χ4n) is 5.37. The van der Waals surface area contributed by atoms with Gasteiger partial charge < -0.3 is 0 Å². The second-order valence-electron chi connectivity index (χ2n) is 9.05. The number of hydrogen-bond donors (Lipinski definition) is 0. The van der Waals surface area contributed by atoms with E-state index in [1.165, 1.54) is 63.4 Å². The van der Waals surface area contributed by atoms with Crippen LogP contribution in [0.2, 0.25) is 0 Å². The normalized spacial score (nSPS) is 32.1. The van der Waals surface area contributed by atoms with Gasteiger partial charge in [-0.3, -0.25) is 0 Å². The molecule has 2 aliphatic carbocycles. The number of rotatable bonds is 6. The van der Waals surface area contributed by atoms with Crippen molar-refractivity contribution in [1.29, 1.82) is 5.26 Å². The van der Waals surface area contributed by atoms with Gasteiger partial charge in [-0.25, -0.2) is 0 Å². The van der Waals surface area contributed by atoms with Crippen molar-refractivity contribution in [3.05, 3.63) is 35.4 Å². The summed E-state index contributed by atoms with van der Waals surface area (Å²) in [6, 6.07) is 12.2. The topological polar surface area (TPSA) is 23.8 Å². The molecule has 0 saturated heterocycles. The number of hydrogen-bond acceptors (Lipinski definition) is 1. The maximum atomic E-state index is 9.50. The zero-order valence-electron chi connectivity index (χ0n) is 17.0. The molecule has 1 heteroatoms. The third-order valence-corrected chi connectivity index (χ3v) is 7.55. The fraction of sp³-hybridized carbons (Fsp3) is 0.720. The molecular formula is C25H37N. The van der Waals surface area contributed by atoms with Crippen molar-refractivity contribution in [3.8, 4) is 6.07 Å². The molecule has 0 N–H and O–H groups in total. The third-order valence-electron chi connectivity index (χ3n) is 7.55. The molecule has 1 aromatic carbocycles. The van der Waals surface area contributed by atoms with Gasteiger partial charge in [0.1, 0.15) is 0 Å². The average Bonchev–Trinajstić information content (AvgIpc) is 2.73. The lowest BCUT2D eigenvalue weighted by molar-refractivity contribution is 0.238. The Bertz CT molecular complexity index is 578. The lowest BCUT2D eigenvalue weighted by Gasteiger charge is -2.34. The van der Waals surface area contributed by atoms with Crippen LogP contribution >= 0.6 is 0 Å². The molecule has 0 unspecified atom stereocenters. The Morgan fingerprint density at radius 2 is 1.42 bits per heavy atom. The SMILES string of the molecule is CCCCC1CCC(c2ccc(C3CCC(C#N)(CC)CC3)cc2)CC1. The molecule has 0 spiro atoms. The molecule has 0 atom stereocenters. The van der Waals surface area contributed by atoms with E-state index in [1.54, 1.807) is 5.56 Å². The molecule has 2 fully saturated rings. The van der Waals surface area contributed by atoms with E-state index >= 15 is 0 Å². The minimum atomic E-state index is -0.0349. The van der Waals surface area contributed by atoms with Crippen LogP contribution in [0, 0.1) is 22.7 Å². The largest absolute Gasteiger partial charge is 0.198 e. The predicted octanol–water partition coefficient (Wildman–Crippen LogP) is 7.73. The second-order valence-corrected chi connectivity index (χ2v) is 9.05. The van der Waals surface area contributed by atoms with E-state index in [0.29, 0.717) is 5.92 Å². The molecule has 0 heterocycles. The Balaban J connectivity index is 1.53. The summed E-state index contributed by atoms with van der Waals surface area (Å²) < 4.78 is 0. The summed E-state index contributed by atoms with van der Waals surface area (Å²) in [5.41, 5.74) is 3.04. The van der Waals surface area contributed by atoms with Gasteiger partial charge in [0.2, 0.25) is 0 Å². The highest BCUT2D eigenvalue weighted by molar-refractivity contribution is 5.28. The maximum Gasteiger partial charge on any atom is 0.0689 e. The van der Waals surface area contributed by atoms with Crippen LogP contribution in [0.15, 0.2) is 24.3 Å². The first-order valence-electron chi connectivity index (χ1n) is 11.2. The zero-order valence-corrected chi connectivity index (χ0v) is 17.0. The third kappa shape index (κ3) is 4.51. The molecule has 0 aliphatic heterocycles. The minimum Gasteiger partial charge on any atom is -0.198 e. The molecule has 1 aromatic rings. The molecule has 1 nitrogen and oxygen atoms in total. The van der Waals surface area contributed by atoms with Crippen LogP contribution in [-0.2, 0) is 0 Å². The van der Waals surface area contributed by atoms with Crippen molar-refractivity contribution in [3.63, 3.8) is 0 Å². The molecule has 0 bridgehead atoms. The molecule has 2 saturated carbocycles. The standard InChI is InChI=1S/C25H37N/c1-3-5-6-20-7-9-21(10-8-20)22-11-13-23(14-12-22)24-15-17-25(4-2,19-26)18-16-24/h11-14,20-21,24H,3-10,15-18H2,1-2H3. The zero-order chi connectivity index (χ0) is 18.4. The molecule has 0 radical (unpaired) electrons. The Labute approximate surface area is 161 Å². The molecule has 0 aromatic heterocycles. The van der Waals surface area contributed by atoms with Gasteiger partial charge in [-0.1, -0.05) is 57.4 Å². The molecule has 2 aliphatic rings. The summed E-state index contributed by atoms with van der Waals surface area (Å²) in [6.07, 6.45) is 15.4. The first-order chi connectivity index (χ1) is 12.7. The molecule has 26 heavy (non-hydrogen) atoms. The van der Waals surface area contributed by atoms with Crippen LogP contribution < -0.4 is 0 Å². The van der Waals surface area contributed by atoms with Crippen molar-refractivity contribution in [2.24, 2.45) is 11.3 Å². The molecular weight excluding hydrogens is 314 g/mol. The summed E-state index contributed by atoms with van der Waals surface area (Å²) in [6.45, 7) is 4.48. The lowest BCUT2D eigenvalue weighted by Crippen LogP contribution is -2.24. The molecule has 3 rings (SSSR count). The van der Waals surface area contributed by atoms with Crippen LogP contribution in [0.25, 0.3) is 0 Å². The van der Waals surface area contributed by atoms with Gasteiger partial charge in [0.25, 0.3) is 0 Å². The van der Waals surface area contributed by atoms with Crippen molar-refractivity contribution >= 4 is 0 Å². The summed E-state index contributed by atoms with van der Waals surface area (Å²) in [5, 5.41) is 9.50. The van der Waals surface area contributed by atoms with Gasteiger partial charge in [-0.2, -0.15) is 5.26 Å². The van der Waals surface area contributed by atoms with Gasteiger partial charge in [0, 0.05) is 0 Å². The van der Waals surface area contributed by atoms with Gasteiger partial charge in [-0.15, -0.1) is 0 Å². The average molecular weight is 352 g/mol. The van der Waals surface area contributed by atoms with E-state index in [9.17, 15) is 5.26 Å². The fourth-order valence-corrected chi connectivity index (χ4v) is 5.37. The number of unbranched alkanes of at least 4 members (excludes halogenated alkanes) is 1. The highest BCUT2D eigenvalue weighted by atomic mass is 14.4. The first-order valence-corrected chi connectivity index (χ1v) is 11.2. The summed E-state index contributed by atoms with van der Waals surface area (Å²) >= 11 is 0. The number of nitrogens with zero attached hydrogens (tertiary/aromatic N) is 1. The van der Waals surface area contributed by atoms with Crippen molar-refractivity contribution in [1.82, 2.24) is 0 Å². The smallest absolute Gasteiger partial charge is 0.0689 e. The Kier molecular flexibility index (Phi) is 6.80.